The zero-order chi connectivity index (χ0) is 14.8. The summed E-state index contributed by atoms with van der Waals surface area (Å²) in [6, 6.07) is 13.1. The largest absolute Gasteiger partial charge is 0.484 e. The number of halogens is 1. The molecular formula is C16H12INO3. The standard InChI is InChI=1S/C16H12INO3/c1-10-2-5-12(6-3-10)20-9-15-18-14-7-4-11(17)8-13(14)16(19)21-15/h2-8H,9H2,1H3. The first-order chi connectivity index (χ1) is 10.1. The third-order valence-electron chi connectivity index (χ3n) is 3.02. The Morgan fingerprint density at radius 1 is 1.19 bits per heavy atom. The van der Waals surface area contributed by atoms with Crippen LogP contribution in [0.1, 0.15) is 11.5 Å². The van der Waals surface area contributed by atoms with E-state index in [0.717, 1.165) is 9.13 Å². The lowest BCUT2D eigenvalue weighted by Gasteiger charge is -2.05. The highest BCUT2D eigenvalue weighted by molar-refractivity contribution is 14.1. The van der Waals surface area contributed by atoms with Gasteiger partial charge in [-0.1, -0.05) is 17.7 Å². The maximum atomic E-state index is 11.9. The molecule has 0 atom stereocenters. The number of fused-ring (bicyclic) bond motifs is 1. The second kappa shape index (κ2) is 5.85. The van der Waals surface area contributed by atoms with Crippen molar-refractivity contribution in [2.24, 2.45) is 0 Å². The number of ether oxygens (including phenoxy) is 1. The van der Waals surface area contributed by atoms with Gasteiger partial charge in [-0.05, 0) is 59.8 Å². The van der Waals surface area contributed by atoms with E-state index in [1.54, 1.807) is 6.07 Å². The highest BCUT2D eigenvalue weighted by Gasteiger charge is 2.07. The van der Waals surface area contributed by atoms with E-state index in [4.69, 9.17) is 9.15 Å². The van der Waals surface area contributed by atoms with E-state index >= 15 is 0 Å². The van der Waals surface area contributed by atoms with E-state index in [0.29, 0.717) is 16.7 Å². The van der Waals surface area contributed by atoms with Crippen molar-refractivity contribution in [1.29, 1.82) is 0 Å². The minimum Gasteiger partial charge on any atom is -0.484 e. The predicted molar refractivity (Wildman–Crippen MR) is 88.5 cm³/mol. The molecule has 0 spiro atoms. The van der Waals surface area contributed by atoms with Crippen molar-refractivity contribution < 1.29 is 9.15 Å². The molecule has 0 saturated heterocycles. The fourth-order valence-electron chi connectivity index (χ4n) is 1.93. The van der Waals surface area contributed by atoms with Gasteiger partial charge in [-0.3, -0.25) is 0 Å². The summed E-state index contributed by atoms with van der Waals surface area (Å²) >= 11 is 2.15. The smallest absolute Gasteiger partial charge is 0.346 e. The van der Waals surface area contributed by atoms with Crippen molar-refractivity contribution in [1.82, 2.24) is 4.98 Å². The van der Waals surface area contributed by atoms with Crippen molar-refractivity contribution in [2.45, 2.75) is 13.5 Å². The van der Waals surface area contributed by atoms with E-state index in [1.807, 2.05) is 43.3 Å². The lowest BCUT2D eigenvalue weighted by molar-refractivity contribution is 0.253. The van der Waals surface area contributed by atoms with Crippen LogP contribution in [0.25, 0.3) is 10.9 Å². The average molecular weight is 393 g/mol. The number of rotatable bonds is 3. The Kier molecular flexibility index (Phi) is 3.92. The van der Waals surface area contributed by atoms with E-state index in [2.05, 4.69) is 27.6 Å². The van der Waals surface area contributed by atoms with Gasteiger partial charge in [0.1, 0.15) is 5.75 Å². The summed E-state index contributed by atoms with van der Waals surface area (Å²) in [7, 11) is 0. The fourth-order valence-corrected chi connectivity index (χ4v) is 2.42. The van der Waals surface area contributed by atoms with Gasteiger partial charge in [-0.2, -0.15) is 0 Å². The Balaban J connectivity index is 1.86. The van der Waals surface area contributed by atoms with Crippen LogP contribution in [0.5, 0.6) is 5.75 Å². The second-order valence-electron chi connectivity index (χ2n) is 4.66. The molecule has 0 aliphatic heterocycles. The summed E-state index contributed by atoms with van der Waals surface area (Å²) in [4.78, 5) is 16.3. The highest BCUT2D eigenvalue weighted by Crippen LogP contribution is 2.15. The van der Waals surface area contributed by atoms with Crippen molar-refractivity contribution >= 4 is 33.5 Å². The van der Waals surface area contributed by atoms with Crippen molar-refractivity contribution in [3.8, 4) is 5.75 Å². The minimum absolute atomic E-state index is 0.125. The number of aromatic nitrogens is 1. The molecule has 0 aliphatic rings. The second-order valence-corrected chi connectivity index (χ2v) is 5.90. The third-order valence-corrected chi connectivity index (χ3v) is 3.69. The number of benzene rings is 2. The molecule has 5 heteroatoms. The molecule has 4 nitrogen and oxygen atoms in total. The molecule has 3 rings (SSSR count). The van der Waals surface area contributed by atoms with Gasteiger partial charge in [-0.15, -0.1) is 0 Å². The number of aryl methyl sites for hydroxylation is 1. The van der Waals surface area contributed by atoms with Gasteiger partial charge in [0.15, 0.2) is 6.61 Å². The summed E-state index contributed by atoms with van der Waals surface area (Å²) in [6.07, 6.45) is 0. The maximum absolute atomic E-state index is 11.9. The Morgan fingerprint density at radius 3 is 2.71 bits per heavy atom. The van der Waals surface area contributed by atoms with Gasteiger partial charge >= 0.3 is 5.63 Å². The molecule has 0 aliphatic carbocycles. The van der Waals surface area contributed by atoms with Crippen LogP contribution in [0.4, 0.5) is 0 Å². The minimum atomic E-state index is -0.388. The van der Waals surface area contributed by atoms with Gasteiger partial charge < -0.3 is 9.15 Å². The van der Waals surface area contributed by atoms with E-state index in [-0.39, 0.29) is 18.1 Å². The lowest BCUT2D eigenvalue weighted by Crippen LogP contribution is -2.07. The summed E-state index contributed by atoms with van der Waals surface area (Å²) in [5.41, 5.74) is 1.39. The summed E-state index contributed by atoms with van der Waals surface area (Å²) in [6.45, 7) is 2.13. The van der Waals surface area contributed by atoms with E-state index in [9.17, 15) is 4.79 Å². The molecule has 106 valence electrons. The topological polar surface area (TPSA) is 52.3 Å². The lowest BCUT2D eigenvalue weighted by atomic mass is 10.2. The van der Waals surface area contributed by atoms with Crippen LogP contribution in [0.15, 0.2) is 51.7 Å². The summed E-state index contributed by atoms with van der Waals surface area (Å²) in [5, 5.41) is 0.487. The van der Waals surface area contributed by atoms with Gasteiger partial charge in [0.2, 0.25) is 5.89 Å². The van der Waals surface area contributed by atoms with Crippen LogP contribution >= 0.6 is 22.6 Å². The molecule has 0 amide bonds. The molecule has 0 fully saturated rings. The Morgan fingerprint density at radius 2 is 1.95 bits per heavy atom. The van der Waals surface area contributed by atoms with Gasteiger partial charge in [0.05, 0.1) is 10.9 Å². The monoisotopic (exact) mass is 393 g/mol. The van der Waals surface area contributed by atoms with Crippen LogP contribution in [0.2, 0.25) is 0 Å². The number of nitrogens with zero attached hydrogens (tertiary/aromatic N) is 1. The quantitative estimate of drug-likeness (QED) is 0.638. The van der Waals surface area contributed by atoms with Gasteiger partial charge in [0, 0.05) is 3.57 Å². The number of hydrogen-bond donors (Lipinski definition) is 0. The predicted octanol–water partition coefficient (Wildman–Crippen LogP) is 3.68. The van der Waals surface area contributed by atoms with Crippen LogP contribution in [-0.4, -0.2) is 4.98 Å². The molecule has 1 aromatic heterocycles. The van der Waals surface area contributed by atoms with Crippen LogP contribution < -0.4 is 10.4 Å². The summed E-state index contributed by atoms with van der Waals surface area (Å²) in [5.74, 6) is 0.988. The van der Waals surface area contributed by atoms with Gasteiger partial charge in [0.25, 0.3) is 0 Å². The Labute approximate surface area is 134 Å². The molecule has 3 aromatic rings. The Hall–Kier alpha value is -1.89. The zero-order valence-electron chi connectivity index (χ0n) is 11.3. The highest BCUT2D eigenvalue weighted by atomic mass is 127. The molecule has 2 aromatic carbocycles. The first-order valence-corrected chi connectivity index (χ1v) is 7.48. The SMILES string of the molecule is Cc1ccc(OCc2nc3ccc(I)cc3c(=O)o2)cc1. The van der Waals surface area contributed by atoms with E-state index in [1.165, 1.54) is 0 Å². The molecule has 0 N–H and O–H groups in total. The van der Waals surface area contributed by atoms with Crippen LogP contribution in [-0.2, 0) is 6.61 Å². The first-order valence-electron chi connectivity index (χ1n) is 6.40. The normalized spacial score (nSPS) is 10.8. The average Bonchev–Trinajstić information content (AvgIpc) is 2.47. The fraction of sp³-hybridized carbons (Fsp3) is 0.125. The molecule has 21 heavy (non-hydrogen) atoms. The number of hydrogen-bond acceptors (Lipinski definition) is 4. The third kappa shape index (κ3) is 3.24. The van der Waals surface area contributed by atoms with Crippen molar-refractivity contribution in [3.05, 3.63) is 67.9 Å². The molecule has 0 radical (unpaired) electrons. The first kappa shape index (κ1) is 14.1. The van der Waals surface area contributed by atoms with Crippen LogP contribution in [0.3, 0.4) is 0 Å². The molecule has 0 bridgehead atoms. The molecule has 0 unspecified atom stereocenters. The Bertz CT molecular complexity index is 840. The molecular weight excluding hydrogens is 381 g/mol. The maximum Gasteiger partial charge on any atom is 0.346 e. The van der Waals surface area contributed by atoms with Crippen molar-refractivity contribution in [3.63, 3.8) is 0 Å². The van der Waals surface area contributed by atoms with Crippen molar-refractivity contribution in [2.75, 3.05) is 0 Å². The van der Waals surface area contributed by atoms with Crippen LogP contribution in [0, 0.1) is 10.5 Å². The zero-order valence-corrected chi connectivity index (χ0v) is 13.5. The molecule has 0 saturated carbocycles. The van der Waals surface area contributed by atoms with E-state index < -0.39 is 0 Å². The van der Waals surface area contributed by atoms with Gasteiger partial charge in [-0.25, -0.2) is 9.78 Å². The molecule has 1 heterocycles. The summed E-state index contributed by atoms with van der Waals surface area (Å²) < 4.78 is 11.7.